The number of benzene rings is 2. The van der Waals surface area contributed by atoms with Crippen LogP contribution < -0.4 is 11.2 Å². The van der Waals surface area contributed by atoms with Crippen molar-refractivity contribution in [2.75, 3.05) is 0 Å². The minimum absolute atomic E-state index is 0.0662. The molecule has 33 heavy (non-hydrogen) atoms. The zero-order valence-corrected chi connectivity index (χ0v) is 18.7. The summed E-state index contributed by atoms with van der Waals surface area (Å²) in [7, 11) is 0. The number of halogens is 1. The predicted molar refractivity (Wildman–Crippen MR) is 125 cm³/mol. The van der Waals surface area contributed by atoms with Gasteiger partial charge in [0.05, 0.1) is 17.3 Å². The Labute approximate surface area is 193 Å². The zero-order valence-electron chi connectivity index (χ0n) is 18.0. The van der Waals surface area contributed by atoms with E-state index in [9.17, 15) is 14.4 Å². The van der Waals surface area contributed by atoms with E-state index < -0.39 is 11.6 Å². The first-order chi connectivity index (χ1) is 15.9. The summed E-state index contributed by atoms with van der Waals surface area (Å²) in [6.07, 6.45) is 2.22. The van der Waals surface area contributed by atoms with Crippen LogP contribution in [-0.2, 0) is 22.6 Å². The van der Waals surface area contributed by atoms with Crippen molar-refractivity contribution in [3.05, 3.63) is 85.2 Å². The van der Waals surface area contributed by atoms with E-state index in [1.807, 2.05) is 19.1 Å². The average Bonchev–Trinajstić information content (AvgIpc) is 3.62. The number of carbonyl (C=O) groups excluding carboxylic acids is 1. The number of hydrogen-bond acceptors (Lipinski definition) is 6. The third-order valence-corrected chi connectivity index (χ3v) is 6.25. The fourth-order valence-electron chi connectivity index (χ4n) is 3.99. The summed E-state index contributed by atoms with van der Waals surface area (Å²) < 4.78 is 12.4. The number of aromatic nitrogens is 2. The number of para-hydroxylation sites is 1. The van der Waals surface area contributed by atoms with Gasteiger partial charge in [-0.3, -0.25) is 14.2 Å². The lowest BCUT2D eigenvalue weighted by atomic mass is 10.1. The van der Waals surface area contributed by atoms with Gasteiger partial charge >= 0.3 is 11.6 Å². The molecule has 1 saturated carbocycles. The highest BCUT2D eigenvalue weighted by Crippen LogP contribution is 2.35. The maximum atomic E-state index is 13.0. The lowest BCUT2D eigenvalue weighted by Crippen LogP contribution is -2.25. The van der Waals surface area contributed by atoms with Crippen LogP contribution >= 0.6 is 11.6 Å². The SMILES string of the molecule is Cc1cc2oc(=O)cc(COC(=O)CCc3nc4ccccc4c(=O)n3C3CC3)c2cc1Cl. The average molecular weight is 465 g/mol. The standard InChI is InChI=1S/C25H21ClN2O5/c1-14-10-21-18(12-19(14)26)15(11-24(30)33-21)13-32-23(29)9-8-22-27-20-5-3-2-4-17(20)25(31)28(22)16-6-7-16/h2-5,10-12,16H,6-9,13H2,1H3. The second kappa shape index (κ2) is 8.48. The lowest BCUT2D eigenvalue weighted by molar-refractivity contribution is -0.144. The summed E-state index contributed by atoms with van der Waals surface area (Å²) in [5, 5.41) is 1.74. The van der Waals surface area contributed by atoms with E-state index in [2.05, 4.69) is 4.98 Å². The van der Waals surface area contributed by atoms with E-state index in [0.717, 1.165) is 18.4 Å². The summed E-state index contributed by atoms with van der Waals surface area (Å²) in [4.78, 5) is 42.0. The zero-order chi connectivity index (χ0) is 23.1. The fourth-order valence-corrected chi connectivity index (χ4v) is 4.15. The number of fused-ring (bicyclic) bond motifs is 2. The molecule has 8 heteroatoms. The Bertz CT molecular complexity index is 1520. The number of esters is 1. The van der Waals surface area contributed by atoms with Gasteiger partial charge in [-0.05, 0) is 49.6 Å². The van der Waals surface area contributed by atoms with E-state index in [1.54, 1.807) is 28.8 Å². The first-order valence-electron chi connectivity index (χ1n) is 10.8. The molecule has 0 atom stereocenters. The van der Waals surface area contributed by atoms with Crippen molar-refractivity contribution in [2.45, 2.75) is 45.3 Å². The van der Waals surface area contributed by atoms with E-state index in [-0.39, 0.29) is 31.0 Å². The maximum absolute atomic E-state index is 13.0. The third kappa shape index (κ3) is 4.28. The normalized spacial score (nSPS) is 13.5. The highest BCUT2D eigenvalue weighted by molar-refractivity contribution is 6.32. The molecule has 4 aromatic rings. The molecule has 0 amide bonds. The molecular formula is C25H21ClN2O5. The van der Waals surface area contributed by atoms with Crippen molar-refractivity contribution >= 4 is 39.4 Å². The maximum Gasteiger partial charge on any atom is 0.336 e. The molecule has 0 saturated heterocycles. The minimum atomic E-state index is -0.524. The monoisotopic (exact) mass is 464 g/mol. The number of nitrogens with zero attached hydrogens (tertiary/aromatic N) is 2. The Balaban J connectivity index is 1.34. The molecule has 0 aliphatic heterocycles. The Hall–Kier alpha value is -3.45. The summed E-state index contributed by atoms with van der Waals surface area (Å²) in [6, 6.07) is 12.1. The van der Waals surface area contributed by atoms with Crippen LogP contribution in [0.15, 0.2) is 56.5 Å². The summed E-state index contributed by atoms with van der Waals surface area (Å²) in [5.74, 6) is 0.144. The van der Waals surface area contributed by atoms with Gasteiger partial charge in [0.15, 0.2) is 0 Å². The first kappa shape index (κ1) is 21.4. The van der Waals surface area contributed by atoms with Crippen LogP contribution in [-0.4, -0.2) is 15.5 Å². The summed E-state index contributed by atoms with van der Waals surface area (Å²) >= 11 is 6.22. The Morgan fingerprint density at radius 3 is 2.76 bits per heavy atom. The van der Waals surface area contributed by atoms with E-state index in [4.69, 9.17) is 20.8 Å². The van der Waals surface area contributed by atoms with Crippen LogP contribution in [0.25, 0.3) is 21.9 Å². The molecule has 7 nitrogen and oxygen atoms in total. The van der Waals surface area contributed by atoms with Crippen LogP contribution in [0, 0.1) is 6.92 Å². The number of aryl methyl sites for hydroxylation is 2. The van der Waals surface area contributed by atoms with Crippen molar-refractivity contribution in [1.29, 1.82) is 0 Å². The fraction of sp³-hybridized carbons (Fsp3) is 0.280. The molecule has 2 heterocycles. The Morgan fingerprint density at radius 2 is 1.97 bits per heavy atom. The quantitative estimate of drug-likeness (QED) is 0.309. The molecule has 0 unspecified atom stereocenters. The van der Waals surface area contributed by atoms with Gasteiger partial charge in [0.25, 0.3) is 5.56 Å². The lowest BCUT2D eigenvalue weighted by Gasteiger charge is -2.13. The molecule has 0 N–H and O–H groups in total. The van der Waals surface area contributed by atoms with Crippen LogP contribution in [0.3, 0.4) is 0 Å². The molecule has 1 aliphatic rings. The third-order valence-electron chi connectivity index (χ3n) is 5.84. The van der Waals surface area contributed by atoms with E-state index in [0.29, 0.717) is 38.3 Å². The Kier molecular flexibility index (Phi) is 5.50. The molecule has 2 aromatic carbocycles. The largest absolute Gasteiger partial charge is 0.461 e. The predicted octanol–water partition coefficient (Wildman–Crippen LogP) is 4.48. The minimum Gasteiger partial charge on any atom is -0.461 e. The van der Waals surface area contributed by atoms with Gasteiger partial charge in [-0.15, -0.1) is 0 Å². The summed E-state index contributed by atoms with van der Waals surface area (Å²) in [5.41, 5.74) is 1.73. The highest BCUT2D eigenvalue weighted by Gasteiger charge is 2.28. The molecule has 0 bridgehead atoms. The number of rotatable bonds is 6. The van der Waals surface area contributed by atoms with E-state index in [1.165, 1.54) is 6.07 Å². The summed E-state index contributed by atoms with van der Waals surface area (Å²) in [6.45, 7) is 1.73. The van der Waals surface area contributed by atoms with E-state index >= 15 is 0 Å². The van der Waals surface area contributed by atoms with Gasteiger partial charge < -0.3 is 9.15 Å². The molecule has 0 spiro atoms. The van der Waals surface area contributed by atoms with Gasteiger partial charge in [-0.25, -0.2) is 9.78 Å². The van der Waals surface area contributed by atoms with Crippen molar-refractivity contribution in [1.82, 2.24) is 9.55 Å². The van der Waals surface area contributed by atoms with Crippen LogP contribution in [0.2, 0.25) is 5.02 Å². The van der Waals surface area contributed by atoms with Crippen LogP contribution in [0.4, 0.5) is 0 Å². The molecule has 2 aromatic heterocycles. The topological polar surface area (TPSA) is 91.4 Å². The smallest absolute Gasteiger partial charge is 0.336 e. The number of ether oxygens (including phenoxy) is 1. The van der Waals surface area contributed by atoms with Gasteiger partial charge in [-0.2, -0.15) is 0 Å². The van der Waals surface area contributed by atoms with Crippen molar-refractivity contribution in [3.63, 3.8) is 0 Å². The van der Waals surface area contributed by atoms with Gasteiger partial charge in [0.1, 0.15) is 18.0 Å². The molecule has 1 fully saturated rings. The molecule has 0 radical (unpaired) electrons. The van der Waals surface area contributed by atoms with Crippen molar-refractivity contribution < 1.29 is 13.9 Å². The van der Waals surface area contributed by atoms with Gasteiger partial charge in [0.2, 0.25) is 0 Å². The van der Waals surface area contributed by atoms with Gasteiger partial charge in [0, 0.05) is 34.5 Å². The molecule has 168 valence electrons. The second-order valence-corrected chi connectivity index (χ2v) is 8.71. The first-order valence-corrected chi connectivity index (χ1v) is 11.2. The van der Waals surface area contributed by atoms with Crippen LogP contribution in [0.1, 0.15) is 42.3 Å². The molecular weight excluding hydrogens is 444 g/mol. The second-order valence-electron chi connectivity index (χ2n) is 8.30. The number of hydrogen-bond donors (Lipinski definition) is 0. The molecule has 1 aliphatic carbocycles. The van der Waals surface area contributed by atoms with Crippen molar-refractivity contribution in [2.24, 2.45) is 0 Å². The number of carbonyl (C=O) groups is 1. The van der Waals surface area contributed by atoms with Crippen molar-refractivity contribution in [3.8, 4) is 0 Å². The van der Waals surface area contributed by atoms with Crippen LogP contribution in [0.5, 0.6) is 0 Å². The molecule has 5 rings (SSSR count). The highest BCUT2D eigenvalue weighted by atomic mass is 35.5. The Morgan fingerprint density at radius 1 is 1.18 bits per heavy atom. The van der Waals surface area contributed by atoms with Gasteiger partial charge in [-0.1, -0.05) is 23.7 Å².